The summed E-state index contributed by atoms with van der Waals surface area (Å²) < 4.78 is 31.2. The Morgan fingerprint density at radius 3 is 2.48 bits per heavy atom. The second kappa shape index (κ2) is 13.5. The Balaban J connectivity index is 1.41. The van der Waals surface area contributed by atoms with Crippen molar-refractivity contribution in [1.82, 2.24) is 15.1 Å². The molecular formula is C46H68FN3O4. The average molecular weight is 746 g/mol. The first-order chi connectivity index (χ1) is 25.3. The highest BCUT2D eigenvalue weighted by atomic mass is 19.1. The molecule has 12 atom stereocenters. The molecule has 0 amide bonds. The third kappa shape index (κ3) is 5.56. The molecule has 4 fully saturated rings. The molecule has 1 saturated heterocycles. The third-order valence-corrected chi connectivity index (χ3v) is 17.5. The maximum Gasteiger partial charge on any atom is 0.307 e. The molecule has 3 saturated carbocycles. The number of rotatable bonds is 10. The first-order valence-electron chi connectivity index (χ1n) is 20.9. The Morgan fingerprint density at radius 1 is 1.09 bits per heavy atom. The molecule has 1 aromatic carbocycles. The van der Waals surface area contributed by atoms with Crippen molar-refractivity contribution in [1.29, 1.82) is 0 Å². The van der Waals surface area contributed by atoms with E-state index >= 15 is 0 Å². The predicted molar refractivity (Wildman–Crippen MR) is 212 cm³/mol. The van der Waals surface area contributed by atoms with Crippen LogP contribution < -0.4 is 5.32 Å². The van der Waals surface area contributed by atoms with E-state index in [4.69, 9.17) is 14.6 Å². The zero-order chi connectivity index (χ0) is 39.2. The molecule has 0 unspecified atom stereocenters. The molecule has 0 radical (unpaired) electrons. The Kier molecular flexibility index (Phi) is 9.95. The fraction of sp³-hybridized carbons (Fsp3) is 0.739. The number of aromatic nitrogens is 2. The molecule has 2 bridgehead atoms. The Morgan fingerprint density at radius 2 is 1.83 bits per heavy atom. The minimum Gasteiger partial charge on any atom is -0.481 e. The van der Waals surface area contributed by atoms with Crippen molar-refractivity contribution in [3.05, 3.63) is 54.0 Å². The lowest BCUT2D eigenvalue weighted by Crippen LogP contribution is -2.70. The molecule has 4 aliphatic carbocycles. The van der Waals surface area contributed by atoms with Gasteiger partial charge in [-0.3, -0.25) is 9.48 Å². The number of aliphatic carboxylic acids is 1. The van der Waals surface area contributed by atoms with Crippen molar-refractivity contribution in [2.75, 3.05) is 26.9 Å². The van der Waals surface area contributed by atoms with Crippen LogP contribution in [-0.4, -0.2) is 59.4 Å². The zero-order valence-electron chi connectivity index (χ0n) is 35.0. The minimum absolute atomic E-state index is 0.120. The molecule has 8 heteroatoms. The van der Waals surface area contributed by atoms with E-state index in [1.165, 1.54) is 11.6 Å². The number of carboxylic acid groups (broad SMARTS) is 1. The van der Waals surface area contributed by atoms with Crippen LogP contribution in [-0.2, 0) is 14.3 Å². The smallest absolute Gasteiger partial charge is 0.307 e. The molecule has 298 valence electrons. The van der Waals surface area contributed by atoms with E-state index in [1.807, 2.05) is 25.4 Å². The van der Waals surface area contributed by atoms with Gasteiger partial charge in [0.15, 0.2) is 0 Å². The predicted octanol–water partition coefficient (Wildman–Crippen LogP) is 9.84. The third-order valence-electron chi connectivity index (χ3n) is 17.5. The molecular weight excluding hydrogens is 678 g/mol. The Labute approximate surface area is 324 Å². The van der Waals surface area contributed by atoms with Gasteiger partial charge in [0.05, 0.1) is 43.6 Å². The van der Waals surface area contributed by atoms with Gasteiger partial charge < -0.3 is 19.9 Å². The van der Waals surface area contributed by atoms with E-state index in [-0.39, 0.29) is 51.6 Å². The van der Waals surface area contributed by atoms with Gasteiger partial charge in [0.1, 0.15) is 5.82 Å². The van der Waals surface area contributed by atoms with Crippen LogP contribution in [0, 0.1) is 68.4 Å². The molecule has 7 nitrogen and oxygen atoms in total. The van der Waals surface area contributed by atoms with E-state index in [9.17, 15) is 14.3 Å². The van der Waals surface area contributed by atoms with Gasteiger partial charge in [0.25, 0.3) is 0 Å². The number of nitrogens with one attached hydrogen (secondary N) is 1. The van der Waals surface area contributed by atoms with E-state index in [1.54, 1.807) is 12.1 Å². The molecule has 2 heterocycles. The maximum atomic E-state index is 14.7. The van der Waals surface area contributed by atoms with Gasteiger partial charge in [-0.25, -0.2) is 4.39 Å². The minimum atomic E-state index is -0.641. The molecule has 1 aromatic heterocycles. The summed E-state index contributed by atoms with van der Waals surface area (Å²) in [5, 5.41) is 19.8. The van der Waals surface area contributed by atoms with E-state index < -0.39 is 22.7 Å². The number of hydrogen-bond donors (Lipinski definition) is 2. The Bertz CT molecular complexity index is 1770. The van der Waals surface area contributed by atoms with Crippen LogP contribution in [0.5, 0.6) is 0 Å². The SMILES string of the molecule is CN[C@@](C)(CO[C@H]1[C@H](n2nccc2-c2cccc(F)c2)C[C@]2(C)COC[C@@]13C1=CC[C@@]4(C)[C@H](C(=O)O)[C@@](C)([C@H](C)C(C)C)CC[C@]4(C)[C@H]1CC[C@H]23)C(C)C. The molecule has 0 spiro atoms. The van der Waals surface area contributed by atoms with Crippen molar-refractivity contribution in [3.8, 4) is 11.3 Å². The molecule has 5 aliphatic rings. The van der Waals surface area contributed by atoms with Crippen molar-refractivity contribution < 1.29 is 23.8 Å². The van der Waals surface area contributed by atoms with E-state index in [2.05, 4.69) is 85.3 Å². The summed E-state index contributed by atoms with van der Waals surface area (Å²) in [6.07, 6.45) is 9.68. The summed E-state index contributed by atoms with van der Waals surface area (Å²) in [6, 6.07) is 8.73. The van der Waals surface area contributed by atoms with Gasteiger partial charge in [-0.1, -0.05) is 86.1 Å². The fourth-order valence-electron chi connectivity index (χ4n) is 13.3. The Hall–Kier alpha value is -2.55. The van der Waals surface area contributed by atoms with E-state index in [0.29, 0.717) is 37.6 Å². The topological polar surface area (TPSA) is 85.6 Å². The van der Waals surface area contributed by atoms with Crippen LogP contribution in [0.4, 0.5) is 4.39 Å². The summed E-state index contributed by atoms with van der Waals surface area (Å²) in [5.41, 5.74) is 1.40. The normalized spacial score (nSPS) is 40.6. The lowest BCUT2D eigenvalue weighted by Gasteiger charge is -2.71. The molecule has 54 heavy (non-hydrogen) atoms. The number of benzene rings is 1. The number of ether oxygens (including phenoxy) is 2. The van der Waals surface area contributed by atoms with Gasteiger partial charge in [-0.2, -0.15) is 5.10 Å². The molecule has 2 N–H and O–H groups in total. The van der Waals surface area contributed by atoms with Crippen LogP contribution in [0.2, 0.25) is 0 Å². The molecule has 7 rings (SSSR count). The number of likely N-dealkylation sites (N-methyl/N-ethyl adjacent to an activating group) is 1. The zero-order valence-corrected chi connectivity index (χ0v) is 35.0. The first-order valence-corrected chi connectivity index (χ1v) is 20.9. The standard InChI is InChI=1S/C46H68FN3O4/c1-28(2)30(5)42(7)20-21-43(8)33-15-16-37-41(6)24-36(50-35(18-22-49-50)31-13-12-14-32(47)23-31)39(54-26-45(10,48-11)29(3)4)46(37,27-53-25-41)34(33)17-19-44(43,9)38(42)40(51)52/h12-14,17-18,22-23,28-30,33,36-39,48H,15-16,19-21,24-27H2,1-11H3,(H,51,52)/t30-,33+,36-,37-,38-,39+,41-,42-,43-,44+,45+,46+/m1/s1. The van der Waals surface area contributed by atoms with Crippen molar-refractivity contribution in [3.63, 3.8) is 0 Å². The van der Waals surface area contributed by atoms with E-state index in [0.717, 1.165) is 49.8 Å². The number of halogens is 1. The van der Waals surface area contributed by atoms with Crippen LogP contribution in [0.3, 0.4) is 0 Å². The lowest BCUT2D eigenvalue weighted by molar-refractivity contribution is -0.254. The van der Waals surface area contributed by atoms with Gasteiger partial charge in [-0.15, -0.1) is 0 Å². The van der Waals surface area contributed by atoms with Crippen molar-refractivity contribution in [2.45, 2.75) is 125 Å². The van der Waals surface area contributed by atoms with Crippen LogP contribution in [0.15, 0.2) is 48.2 Å². The van der Waals surface area contributed by atoms with Gasteiger partial charge in [-0.05, 0) is 122 Å². The van der Waals surface area contributed by atoms with Crippen LogP contribution in [0.25, 0.3) is 11.3 Å². The number of nitrogens with zero attached hydrogens (tertiary/aromatic N) is 2. The number of hydrogen-bond acceptors (Lipinski definition) is 5. The number of carboxylic acids is 1. The maximum absolute atomic E-state index is 14.7. The van der Waals surface area contributed by atoms with Gasteiger partial charge in [0, 0.05) is 22.7 Å². The highest BCUT2D eigenvalue weighted by Crippen LogP contribution is 2.75. The van der Waals surface area contributed by atoms with Crippen molar-refractivity contribution in [2.24, 2.45) is 62.6 Å². The summed E-state index contributed by atoms with van der Waals surface area (Å²) in [6.45, 7) is 24.8. The summed E-state index contributed by atoms with van der Waals surface area (Å²) in [7, 11) is 2.02. The summed E-state index contributed by atoms with van der Waals surface area (Å²) in [5.74, 6) is 0.206. The monoisotopic (exact) mass is 746 g/mol. The summed E-state index contributed by atoms with van der Waals surface area (Å²) >= 11 is 0. The van der Waals surface area contributed by atoms with Gasteiger partial charge in [0.2, 0.25) is 0 Å². The second-order valence-corrected chi connectivity index (χ2v) is 20.4. The molecule has 1 aliphatic heterocycles. The number of carbonyl (C=O) groups is 1. The second-order valence-electron chi connectivity index (χ2n) is 20.4. The quantitative estimate of drug-likeness (QED) is 0.236. The highest BCUT2D eigenvalue weighted by molar-refractivity contribution is 5.73. The first kappa shape index (κ1) is 39.7. The van der Waals surface area contributed by atoms with Crippen LogP contribution in [0.1, 0.15) is 114 Å². The van der Waals surface area contributed by atoms with Crippen LogP contribution >= 0.6 is 0 Å². The number of allylic oxidation sites excluding steroid dienone is 1. The fourth-order valence-corrected chi connectivity index (χ4v) is 13.3. The average Bonchev–Trinajstić information content (AvgIpc) is 3.61. The van der Waals surface area contributed by atoms with Crippen molar-refractivity contribution >= 4 is 5.97 Å². The molecule has 2 aromatic rings. The highest BCUT2D eigenvalue weighted by Gasteiger charge is 2.72. The number of fused-ring (bicyclic) bond motifs is 3. The largest absolute Gasteiger partial charge is 0.481 e. The lowest BCUT2D eigenvalue weighted by atomic mass is 9.34. The van der Waals surface area contributed by atoms with Gasteiger partial charge >= 0.3 is 5.97 Å². The summed E-state index contributed by atoms with van der Waals surface area (Å²) in [4.78, 5) is 13.7.